The van der Waals surface area contributed by atoms with Gasteiger partial charge >= 0.3 is 0 Å². The van der Waals surface area contributed by atoms with Gasteiger partial charge in [-0.1, -0.05) is 18.7 Å². The molecule has 0 spiro atoms. The SMILES string of the molecule is CCS(=O)(=O)CCCSc1nnc(CN)o1. The molecule has 0 amide bonds. The molecule has 1 aromatic heterocycles. The largest absolute Gasteiger partial charge is 0.415 e. The first-order valence-electron chi connectivity index (χ1n) is 4.93. The van der Waals surface area contributed by atoms with Crippen molar-refractivity contribution < 1.29 is 12.8 Å². The minimum atomic E-state index is -2.87. The lowest BCUT2D eigenvalue weighted by molar-refractivity contribution is 0.415. The van der Waals surface area contributed by atoms with Gasteiger partial charge in [0.05, 0.1) is 12.3 Å². The summed E-state index contributed by atoms with van der Waals surface area (Å²) in [6.45, 7) is 1.87. The molecule has 0 saturated carbocycles. The van der Waals surface area contributed by atoms with Crippen molar-refractivity contribution >= 4 is 21.6 Å². The van der Waals surface area contributed by atoms with Crippen LogP contribution in [0.5, 0.6) is 0 Å². The van der Waals surface area contributed by atoms with Gasteiger partial charge in [-0.2, -0.15) is 0 Å². The fourth-order valence-electron chi connectivity index (χ4n) is 0.962. The van der Waals surface area contributed by atoms with Gasteiger partial charge in [0.1, 0.15) is 9.84 Å². The molecule has 0 fully saturated rings. The highest BCUT2D eigenvalue weighted by atomic mass is 32.2. The lowest BCUT2D eigenvalue weighted by Crippen LogP contribution is -2.09. The lowest BCUT2D eigenvalue weighted by Gasteiger charge is -1.98. The van der Waals surface area contributed by atoms with Crippen LogP contribution in [0.4, 0.5) is 0 Å². The summed E-state index contributed by atoms with van der Waals surface area (Å²) in [6, 6.07) is 0. The first-order valence-corrected chi connectivity index (χ1v) is 7.73. The minimum absolute atomic E-state index is 0.190. The van der Waals surface area contributed by atoms with Crippen LogP contribution in [0.3, 0.4) is 0 Å². The number of aromatic nitrogens is 2. The summed E-state index contributed by atoms with van der Waals surface area (Å²) in [4.78, 5) is 0. The minimum Gasteiger partial charge on any atom is -0.415 e. The molecular weight excluding hydrogens is 250 g/mol. The van der Waals surface area contributed by atoms with Gasteiger partial charge in [-0.3, -0.25) is 0 Å². The normalized spacial score (nSPS) is 11.9. The van der Waals surface area contributed by atoms with Crippen molar-refractivity contribution in [3.63, 3.8) is 0 Å². The number of nitrogens with zero attached hydrogens (tertiary/aromatic N) is 2. The Morgan fingerprint density at radius 2 is 2.19 bits per heavy atom. The van der Waals surface area contributed by atoms with Gasteiger partial charge in [0.2, 0.25) is 5.89 Å². The zero-order chi connectivity index (χ0) is 12.0. The molecule has 0 unspecified atom stereocenters. The molecular formula is C8H15N3O3S2. The van der Waals surface area contributed by atoms with Crippen molar-refractivity contribution in [2.45, 2.75) is 25.1 Å². The van der Waals surface area contributed by atoms with Crippen LogP contribution >= 0.6 is 11.8 Å². The fraction of sp³-hybridized carbons (Fsp3) is 0.750. The molecule has 1 heterocycles. The summed E-state index contributed by atoms with van der Waals surface area (Å²) >= 11 is 1.35. The molecule has 1 aromatic rings. The monoisotopic (exact) mass is 265 g/mol. The molecule has 92 valence electrons. The van der Waals surface area contributed by atoms with Crippen LogP contribution in [0.1, 0.15) is 19.2 Å². The Labute approximate surface area is 98.9 Å². The van der Waals surface area contributed by atoms with Crippen molar-refractivity contribution in [2.75, 3.05) is 17.3 Å². The zero-order valence-electron chi connectivity index (χ0n) is 9.05. The van der Waals surface area contributed by atoms with Gasteiger partial charge in [-0.05, 0) is 6.42 Å². The van der Waals surface area contributed by atoms with Crippen LogP contribution < -0.4 is 5.73 Å². The topological polar surface area (TPSA) is 99.1 Å². The van der Waals surface area contributed by atoms with Crippen LogP contribution in [0.25, 0.3) is 0 Å². The average Bonchev–Trinajstić information content (AvgIpc) is 2.72. The highest BCUT2D eigenvalue weighted by molar-refractivity contribution is 7.99. The molecule has 0 aliphatic carbocycles. The fourth-order valence-corrected chi connectivity index (χ4v) is 2.73. The molecule has 2 N–H and O–H groups in total. The number of hydrogen-bond acceptors (Lipinski definition) is 7. The van der Waals surface area contributed by atoms with Gasteiger partial charge in [0.15, 0.2) is 0 Å². The molecule has 8 heteroatoms. The Kier molecular flexibility index (Phi) is 5.23. The van der Waals surface area contributed by atoms with E-state index in [1.165, 1.54) is 11.8 Å². The Balaban J connectivity index is 2.26. The number of sulfone groups is 1. The molecule has 0 bridgehead atoms. The van der Waals surface area contributed by atoms with Crippen molar-refractivity contribution in [3.05, 3.63) is 5.89 Å². The van der Waals surface area contributed by atoms with E-state index in [0.717, 1.165) is 0 Å². The van der Waals surface area contributed by atoms with Crippen molar-refractivity contribution in [3.8, 4) is 0 Å². The number of rotatable bonds is 7. The molecule has 0 atom stereocenters. The van der Waals surface area contributed by atoms with Gasteiger partial charge < -0.3 is 10.2 Å². The van der Waals surface area contributed by atoms with Crippen molar-refractivity contribution in [1.82, 2.24) is 10.2 Å². The van der Waals surface area contributed by atoms with E-state index in [1.807, 2.05) is 0 Å². The number of nitrogens with two attached hydrogens (primary N) is 1. The van der Waals surface area contributed by atoms with Gasteiger partial charge in [0, 0.05) is 11.5 Å². The molecule has 0 aliphatic rings. The van der Waals surface area contributed by atoms with E-state index in [-0.39, 0.29) is 18.1 Å². The number of hydrogen-bond donors (Lipinski definition) is 1. The van der Waals surface area contributed by atoms with E-state index in [1.54, 1.807) is 6.92 Å². The Morgan fingerprint density at radius 3 is 2.75 bits per heavy atom. The lowest BCUT2D eigenvalue weighted by atomic mass is 10.6. The van der Waals surface area contributed by atoms with Crippen molar-refractivity contribution in [1.29, 1.82) is 0 Å². The summed E-state index contributed by atoms with van der Waals surface area (Å²) in [6.07, 6.45) is 0.585. The molecule has 0 radical (unpaired) electrons. The van der Waals surface area contributed by atoms with Gasteiger partial charge in [0.25, 0.3) is 5.22 Å². The third kappa shape index (κ3) is 4.50. The van der Waals surface area contributed by atoms with Crippen LogP contribution in [0.2, 0.25) is 0 Å². The van der Waals surface area contributed by atoms with Gasteiger partial charge in [-0.25, -0.2) is 8.42 Å². The second-order valence-corrected chi connectivity index (χ2v) is 6.62. The summed E-state index contributed by atoms with van der Waals surface area (Å²) < 4.78 is 27.5. The first kappa shape index (κ1) is 13.5. The molecule has 0 aromatic carbocycles. The first-order chi connectivity index (χ1) is 7.57. The summed E-state index contributed by atoms with van der Waals surface area (Å²) in [5.41, 5.74) is 5.31. The molecule has 1 rings (SSSR count). The van der Waals surface area contributed by atoms with E-state index >= 15 is 0 Å². The predicted octanol–water partition coefficient (Wildman–Crippen LogP) is 0.445. The van der Waals surface area contributed by atoms with E-state index in [2.05, 4.69) is 10.2 Å². The van der Waals surface area contributed by atoms with E-state index in [9.17, 15) is 8.42 Å². The second kappa shape index (κ2) is 6.21. The zero-order valence-corrected chi connectivity index (χ0v) is 10.7. The summed E-state index contributed by atoms with van der Waals surface area (Å²) in [5.74, 6) is 1.43. The van der Waals surface area contributed by atoms with Crippen molar-refractivity contribution in [2.24, 2.45) is 5.73 Å². The van der Waals surface area contributed by atoms with Crippen LogP contribution in [0, 0.1) is 0 Å². The average molecular weight is 265 g/mol. The molecule has 16 heavy (non-hydrogen) atoms. The van der Waals surface area contributed by atoms with E-state index in [4.69, 9.17) is 10.2 Å². The molecule has 6 nitrogen and oxygen atoms in total. The Morgan fingerprint density at radius 1 is 1.44 bits per heavy atom. The molecule has 0 saturated heterocycles. The summed E-state index contributed by atoms with van der Waals surface area (Å²) in [5, 5.41) is 7.89. The maximum absolute atomic E-state index is 11.2. The predicted molar refractivity (Wildman–Crippen MR) is 61.9 cm³/mol. The highest BCUT2D eigenvalue weighted by Crippen LogP contribution is 2.16. The maximum atomic E-state index is 11.2. The third-order valence-corrected chi connectivity index (χ3v) is 4.58. The standard InChI is InChI=1S/C8H15N3O3S2/c1-2-16(12,13)5-3-4-15-8-11-10-7(6-9)14-8/h2-6,9H2,1H3. The molecule has 0 aliphatic heterocycles. The third-order valence-electron chi connectivity index (χ3n) is 1.89. The summed E-state index contributed by atoms with van der Waals surface area (Å²) in [7, 11) is -2.87. The second-order valence-electron chi connectivity index (χ2n) is 3.10. The smallest absolute Gasteiger partial charge is 0.276 e. The highest BCUT2D eigenvalue weighted by Gasteiger charge is 2.08. The van der Waals surface area contributed by atoms with Crippen LogP contribution in [0.15, 0.2) is 9.64 Å². The number of thioether (sulfide) groups is 1. The maximum Gasteiger partial charge on any atom is 0.276 e. The van der Waals surface area contributed by atoms with E-state index < -0.39 is 9.84 Å². The van der Waals surface area contributed by atoms with Gasteiger partial charge in [-0.15, -0.1) is 10.2 Å². The van der Waals surface area contributed by atoms with Crippen LogP contribution in [-0.2, 0) is 16.4 Å². The Hall–Kier alpha value is -0.600. The Bertz CT molecular complexity index is 416. The van der Waals surface area contributed by atoms with E-state index in [0.29, 0.717) is 23.3 Å². The van der Waals surface area contributed by atoms with Crippen LogP contribution in [-0.4, -0.2) is 35.9 Å². The quantitative estimate of drug-likeness (QED) is 0.564.